The number of fused-ring (bicyclic) bond motifs is 1. The number of nitrogens with zero attached hydrogens (tertiary/aromatic N) is 3. The summed E-state index contributed by atoms with van der Waals surface area (Å²) in [5.74, 6) is 0.932. The molecule has 2 N–H and O–H groups in total. The van der Waals surface area contributed by atoms with Gasteiger partial charge in [0.25, 0.3) is 0 Å². The number of morpholine rings is 1. The van der Waals surface area contributed by atoms with Crippen molar-refractivity contribution in [3.8, 4) is 0 Å². The average molecular weight is 441 g/mol. The highest BCUT2D eigenvalue weighted by atomic mass is 127. The van der Waals surface area contributed by atoms with Crippen molar-refractivity contribution < 1.29 is 4.74 Å². The Balaban J connectivity index is 1.99. The molecule has 8 heteroatoms. The summed E-state index contributed by atoms with van der Waals surface area (Å²) in [6.07, 6.45) is 0.802. The monoisotopic (exact) mass is 440 g/mol. The summed E-state index contributed by atoms with van der Waals surface area (Å²) in [7, 11) is 0. The van der Waals surface area contributed by atoms with Gasteiger partial charge in [0, 0.05) is 25.0 Å². The molecule has 3 rings (SSSR count). The van der Waals surface area contributed by atoms with Crippen LogP contribution in [0.15, 0.2) is 4.90 Å². The fourth-order valence-electron chi connectivity index (χ4n) is 2.44. The van der Waals surface area contributed by atoms with Crippen molar-refractivity contribution in [1.29, 1.82) is 0 Å². The minimum absolute atomic E-state index is 0.131. The third-order valence-corrected chi connectivity index (χ3v) is 8.04. The van der Waals surface area contributed by atoms with Gasteiger partial charge in [0.15, 0.2) is 0 Å². The second-order valence-corrected chi connectivity index (χ2v) is 10.1. The number of rotatable bonds is 2. The van der Waals surface area contributed by atoms with Crippen LogP contribution in [-0.2, 0) is 11.2 Å². The lowest BCUT2D eigenvalue weighted by atomic mass is 9.98. The number of ether oxygens (including phenoxy) is 1. The fourth-order valence-corrected chi connectivity index (χ4v) is 4.94. The zero-order valence-electron chi connectivity index (χ0n) is 12.0. The lowest BCUT2D eigenvalue weighted by Crippen LogP contribution is -2.49. The molecule has 1 fully saturated rings. The summed E-state index contributed by atoms with van der Waals surface area (Å²) in [4.78, 5) is 12.3. The first-order chi connectivity index (χ1) is 9.80. The predicted molar refractivity (Wildman–Crippen MR) is 94.7 cm³/mol. The van der Waals surface area contributed by atoms with Crippen molar-refractivity contribution in [3.63, 3.8) is 0 Å². The van der Waals surface area contributed by atoms with Crippen molar-refractivity contribution in [2.75, 3.05) is 31.2 Å². The molecule has 3 heterocycles. The topological polar surface area (TPSA) is 64.3 Å². The minimum Gasteiger partial charge on any atom is -0.378 e. The number of hydrogen-bond donors (Lipinski definition) is 1. The van der Waals surface area contributed by atoms with Gasteiger partial charge in [-0.3, -0.25) is 0 Å². The van der Waals surface area contributed by atoms with Crippen LogP contribution in [-0.4, -0.2) is 44.6 Å². The SMILES string of the molecule is CC(C)(N)C1(I)Cc2nc(Cl)nc(N3CCOCC3)c2S1. The smallest absolute Gasteiger partial charge is 0.224 e. The van der Waals surface area contributed by atoms with E-state index >= 15 is 0 Å². The first-order valence-electron chi connectivity index (χ1n) is 6.86. The van der Waals surface area contributed by atoms with E-state index in [1.165, 1.54) is 0 Å². The van der Waals surface area contributed by atoms with Crippen LogP contribution in [0.1, 0.15) is 19.5 Å². The van der Waals surface area contributed by atoms with Gasteiger partial charge < -0.3 is 15.4 Å². The maximum absolute atomic E-state index is 6.38. The highest BCUT2D eigenvalue weighted by molar-refractivity contribution is 14.1. The quantitative estimate of drug-likeness (QED) is 0.433. The Morgan fingerprint density at radius 2 is 2.05 bits per heavy atom. The van der Waals surface area contributed by atoms with Crippen LogP contribution in [0, 0.1) is 0 Å². The number of aromatic nitrogens is 2. The zero-order chi connectivity index (χ0) is 15.3. The Bertz CT molecular complexity index is 562. The van der Waals surface area contributed by atoms with Crippen LogP contribution < -0.4 is 10.6 Å². The van der Waals surface area contributed by atoms with Crippen molar-refractivity contribution in [2.24, 2.45) is 5.73 Å². The number of thioether (sulfide) groups is 1. The van der Waals surface area contributed by atoms with E-state index in [4.69, 9.17) is 22.1 Å². The Labute approximate surface area is 147 Å². The Morgan fingerprint density at radius 3 is 2.67 bits per heavy atom. The highest BCUT2D eigenvalue weighted by Gasteiger charge is 2.48. The van der Waals surface area contributed by atoms with Gasteiger partial charge in [-0.1, -0.05) is 22.6 Å². The predicted octanol–water partition coefficient (Wildman–Crippen LogP) is 2.48. The molecule has 1 aromatic rings. The molecule has 116 valence electrons. The third-order valence-electron chi connectivity index (χ3n) is 3.82. The van der Waals surface area contributed by atoms with E-state index in [1.54, 1.807) is 11.8 Å². The van der Waals surface area contributed by atoms with Gasteiger partial charge in [0.1, 0.15) is 5.82 Å². The Morgan fingerprint density at radius 1 is 1.38 bits per heavy atom. The second-order valence-electron chi connectivity index (χ2n) is 5.92. The molecular weight excluding hydrogens is 423 g/mol. The van der Waals surface area contributed by atoms with Crippen LogP contribution in [0.2, 0.25) is 5.28 Å². The maximum Gasteiger partial charge on any atom is 0.224 e. The summed E-state index contributed by atoms with van der Waals surface area (Å²) in [5, 5.41) is 0.311. The maximum atomic E-state index is 6.38. The van der Waals surface area contributed by atoms with Gasteiger partial charge in [-0.25, -0.2) is 4.98 Å². The van der Waals surface area contributed by atoms with Crippen molar-refractivity contribution in [3.05, 3.63) is 11.0 Å². The van der Waals surface area contributed by atoms with E-state index in [1.807, 2.05) is 0 Å². The molecule has 0 aromatic carbocycles. The van der Waals surface area contributed by atoms with Crippen LogP contribution in [0.3, 0.4) is 0 Å². The molecule has 0 amide bonds. The second kappa shape index (κ2) is 5.67. The first-order valence-corrected chi connectivity index (χ1v) is 9.13. The van der Waals surface area contributed by atoms with E-state index in [0.29, 0.717) is 5.28 Å². The molecule has 1 unspecified atom stereocenters. The third kappa shape index (κ3) is 2.99. The standard InChI is InChI=1S/C13H18ClIN4OS/c1-12(2,16)13(15)7-8-9(21-13)10(18-11(14)17-8)19-3-5-20-6-4-19/h3-7,16H2,1-2H3. The van der Waals surface area contributed by atoms with Crippen LogP contribution in [0.4, 0.5) is 5.82 Å². The van der Waals surface area contributed by atoms with Crippen LogP contribution in [0.25, 0.3) is 0 Å². The largest absolute Gasteiger partial charge is 0.378 e. The van der Waals surface area contributed by atoms with Gasteiger partial charge in [-0.05, 0) is 25.4 Å². The normalized spacial score (nSPS) is 26.0. The number of alkyl halides is 1. The average Bonchev–Trinajstić information content (AvgIpc) is 2.76. The van der Waals surface area contributed by atoms with Crippen molar-refractivity contribution in [1.82, 2.24) is 9.97 Å². The molecule has 1 saturated heterocycles. The molecule has 2 aliphatic heterocycles. The molecule has 5 nitrogen and oxygen atoms in total. The number of hydrogen-bond acceptors (Lipinski definition) is 6. The van der Waals surface area contributed by atoms with Gasteiger partial charge in [0.2, 0.25) is 5.28 Å². The molecule has 0 radical (unpaired) electrons. The number of halogens is 2. The van der Waals surface area contributed by atoms with E-state index < -0.39 is 0 Å². The Hall–Kier alpha value is 0.170. The highest BCUT2D eigenvalue weighted by Crippen LogP contribution is 2.56. The number of anilines is 1. The van der Waals surface area contributed by atoms with Gasteiger partial charge >= 0.3 is 0 Å². The molecule has 21 heavy (non-hydrogen) atoms. The molecular formula is C13H18ClIN4OS. The molecule has 0 saturated carbocycles. The summed E-state index contributed by atoms with van der Waals surface area (Å²) >= 11 is 10.4. The fraction of sp³-hybridized carbons (Fsp3) is 0.692. The van der Waals surface area contributed by atoms with Gasteiger partial charge in [-0.15, -0.1) is 11.8 Å². The molecule has 0 aliphatic carbocycles. The lowest BCUT2D eigenvalue weighted by molar-refractivity contribution is 0.122. The van der Waals surface area contributed by atoms with Gasteiger partial charge in [-0.2, -0.15) is 4.98 Å². The molecule has 1 aromatic heterocycles. The number of nitrogens with two attached hydrogens (primary N) is 1. The molecule has 2 aliphatic rings. The first kappa shape index (κ1) is 16.0. The summed E-state index contributed by atoms with van der Waals surface area (Å²) < 4.78 is 5.29. The van der Waals surface area contributed by atoms with E-state index in [0.717, 1.165) is 49.1 Å². The van der Waals surface area contributed by atoms with Crippen LogP contribution in [0.5, 0.6) is 0 Å². The Kier molecular flexibility index (Phi) is 4.33. The van der Waals surface area contributed by atoms with E-state index in [2.05, 4.69) is 51.3 Å². The summed E-state index contributed by atoms with van der Waals surface area (Å²) in [5.41, 5.74) is 7.06. The van der Waals surface area contributed by atoms with Crippen molar-refractivity contribution >= 4 is 51.8 Å². The summed E-state index contributed by atoms with van der Waals surface area (Å²) in [6, 6.07) is 0. The van der Waals surface area contributed by atoms with E-state index in [9.17, 15) is 0 Å². The lowest BCUT2D eigenvalue weighted by Gasteiger charge is -2.35. The molecule has 1 atom stereocenters. The van der Waals surface area contributed by atoms with Gasteiger partial charge in [0.05, 0.1) is 26.6 Å². The molecule has 0 bridgehead atoms. The zero-order valence-corrected chi connectivity index (χ0v) is 15.8. The van der Waals surface area contributed by atoms with Crippen LogP contribution >= 0.6 is 46.0 Å². The molecule has 0 spiro atoms. The van der Waals surface area contributed by atoms with E-state index in [-0.39, 0.29) is 8.29 Å². The summed E-state index contributed by atoms with van der Waals surface area (Å²) in [6.45, 7) is 7.22. The minimum atomic E-state index is -0.326. The van der Waals surface area contributed by atoms with Crippen molar-refractivity contribution in [2.45, 2.75) is 33.5 Å².